The number of carbonyl (C=O) groups is 3. The van der Waals surface area contributed by atoms with Crippen molar-refractivity contribution in [2.75, 3.05) is 0 Å². The van der Waals surface area contributed by atoms with Crippen LogP contribution in [0.5, 0.6) is 0 Å². The monoisotopic (exact) mass is 221 g/mol. The summed E-state index contributed by atoms with van der Waals surface area (Å²) in [6.07, 6.45) is 1.18. The third-order valence-corrected chi connectivity index (χ3v) is 1.66. The van der Waals surface area contributed by atoms with Crippen LogP contribution < -0.4 is 29.6 Å². The first kappa shape index (κ1) is 14.5. The molecule has 0 atom stereocenters. The number of hydrogen-bond acceptors (Lipinski definition) is 4. The average molecular weight is 221 g/mol. The number of hydrogen-bond donors (Lipinski definition) is 0. The van der Waals surface area contributed by atoms with Crippen LogP contribution in [0.3, 0.4) is 0 Å². The smallest absolute Gasteiger partial charge is 0.332 e. The minimum atomic E-state index is -0.733. The zero-order chi connectivity index (χ0) is 10.9. The standard InChI is InChI=1S/C9H12NO4.Na/c1-9(2,3)8(13)14-10-6(11)4-5-7(10)12;/h4H,5H2,1-3H3;/q-1;+1. The van der Waals surface area contributed by atoms with Gasteiger partial charge in [0.1, 0.15) is 5.91 Å². The Balaban J connectivity index is 0.00000196. The van der Waals surface area contributed by atoms with E-state index in [1.807, 2.05) is 0 Å². The fourth-order valence-electron chi connectivity index (χ4n) is 0.779. The van der Waals surface area contributed by atoms with Crippen LogP contribution in [-0.2, 0) is 19.2 Å². The maximum absolute atomic E-state index is 11.3. The Morgan fingerprint density at radius 2 is 1.93 bits per heavy atom. The maximum Gasteiger partial charge on any atom is 1.00 e. The van der Waals surface area contributed by atoms with Gasteiger partial charge in [0.15, 0.2) is 0 Å². The van der Waals surface area contributed by atoms with E-state index in [0.717, 1.165) is 0 Å². The van der Waals surface area contributed by atoms with Gasteiger partial charge in [0.05, 0.1) is 5.41 Å². The van der Waals surface area contributed by atoms with Gasteiger partial charge < -0.3 is 9.63 Å². The van der Waals surface area contributed by atoms with Gasteiger partial charge in [0.25, 0.3) is 0 Å². The molecule has 1 rings (SSSR count). The fourth-order valence-corrected chi connectivity index (χ4v) is 0.779. The van der Waals surface area contributed by atoms with Gasteiger partial charge in [-0.3, -0.25) is 11.2 Å². The molecule has 0 bridgehead atoms. The summed E-state index contributed by atoms with van der Waals surface area (Å²) in [6, 6.07) is 0. The van der Waals surface area contributed by atoms with Crippen LogP contribution in [0.4, 0.5) is 0 Å². The maximum atomic E-state index is 11.3. The molecule has 1 aliphatic heterocycles. The first-order chi connectivity index (χ1) is 6.32. The van der Waals surface area contributed by atoms with Gasteiger partial charge in [-0.05, 0) is 20.8 Å². The van der Waals surface area contributed by atoms with E-state index in [1.165, 1.54) is 6.42 Å². The fraction of sp³-hybridized carbons (Fsp3) is 0.556. The molecule has 0 aromatic heterocycles. The Morgan fingerprint density at radius 3 is 2.27 bits per heavy atom. The molecule has 1 aliphatic rings. The molecule has 0 saturated carbocycles. The molecule has 2 amide bonds. The molecule has 0 unspecified atom stereocenters. The zero-order valence-corrected chi connectivity index (χ0v) is 11.4. The zero-order valence-electron chi connectivity index (χ0n) is 9.36. The number of rotatable bonds is 1. The summed E-state index contributed by atoms with van der Waals surface area (Å²) in [6.45, 7) is 4.93. The quantitative estimate of drug-likeness (QED) is 0.278. The molecule has 1 fully saturated rings. The summed E-state index contributed by atoms with van der Waals surface area (Å²) in [5, 5.41) is 0.508. The van der Waals surface area contributed by atoms with Crippen molar-refractivity contribution in [3.63, 3.8) is 0 Å². The Bertz CT molecular complexity index is 279. The van der Waals surface area contributed by atoms with Crippen LogP contribution in [0, 0.1) is 11.8 Å². The molecule has 1 heterocycles. The number of amides is 2. The van der Waals surface area contributed by atoms with Crippen molar-refractivity contribution < 1.29 is 48.8 Å². The van der Waals surface area contributed by atoms with Gasteiger partial charge >= 0.3 is 35.5 Å². The van der Waals surface area contributed by atoms with E-state index < -0.39 is 23.2 Å². The Morgan fingerprint density at radius 1 is 1.40 bits per heavy atom. The Labute approximate surface area is 110 Å². The first-order valence-electron chi connectivity index (χ1n) is 4.25. The number of nitrogens with zero attached hydrogens (tertiary/aromatic N) is 1. The van der Waals surface area contributed by atoms with E-state index in [-0.39, 0.29) is 36.0 Å². The molecule has 0 N–H and O–H groups in total. The Hall–Kier alpha value is -0.520. The molecule has 0 aliphatic carbocycles. The van der Waals surface area contributed by atoms with E-state index in [1.54, 1.807) is 20.8 Å². The summed E-state index contributed by atoms with van der Waals surface area (Å²) in [5.41, 5.74) is -0.733. The molecule has 0 spiro atoms. The summed E-state index contributed by atoms with van der Waals surface area (Å²) in [7, 11) is 0. The predicted molar refractivity (Wildman–Crippen MR) is 46.3 cm³/mol. The van der Waals surface area contributed by atoms with Crippen LogP contribution in [0.15, 0.2) is 0 Å². The molecule has 78 valence electrons. The van der Waals surface area contributed by atoms with E-state index in [9.17, 15) is 14.4 Å². The molecule has 0 aromatic carbocycles. The van der Waals surface area contributed by atoms with E-state index in [2.05, 4.69) is 4.84 Å². The van der Waals surface area contributed by atoms with Crippen LogP contribution in [-0.4, -0.2) is 22.8 Å². The van der Waals surface area contributed by atoms with Gasteiger partial charge in [-0.1, -0.05) is 6.42 Å². The second-order valence-corrected chi connectivity index (χ2v) is 4.06. The van der Waals surface area contributed by atoms with Crippen molar-refractivity contribution in [1.29, 1.82) is 0 Å². The van der Waals surface area contributed by atoms with Crippen molar-refractivity contribution >= 4 is 17.8 Å². The van der Waals surface area contributed by atoms with Crippen LogP contribution in [0.1, 0.15) is 27.2 Å². The van der Waals surface area contributed by atoms with Gasteiger partial charge in [-0.15, -0.1) is 5.06 Å². The second kappa shape index (κ2) is 5.01. The van der Waals surface area contributed by atoms with Crippen molar-refractivity contribution in [3.8, 4) is 0 Å². The largest absolute Gasteiger partial charge is 1.00 e. The summed E-state index contributed by atoms with van der Waals surface area (Å²) >= 11 is 0. The molecule has 6 heteroatoms. The third kappa shape index (κ3) is 3.52. The first-order valence-corrected chi connectivity index (χ1v) is 4.25. The van der Waals surface area contributed by atoms with Crippen LogP contribution >= 0.6 is 0 Å². The van der Waals surface area contributed by atoms with Crippen molar-refractivity contribution in [3.05, 3.63) is 6.42 Å². The average Bonchev–Trinajstić information content (AvgIpc) is 2.34. The molecule has 0 radical (unpaired) electrons. The molecule has 5 nitrogen and oxygen atoms in total. The van der Waals surface area contributed by atoms with Crippen LogP contribution in [0.2, 0.25) is 0 Å². The summed E-state index contributed by atoms with van der Waals surface area (Å²) in [4.78, 5) is 38.1. The molecular formula is C9H12NNaO4. The van der Waals surface area contributed by atoms with E-state index in [4.69, 9.17) is 0 Å². The van der Waals surface area contributed by atoms with Gasteiger partial charge in [0.2, 0.25) is 5.91 Å². The third-order valence-electron chi connectivity index (χ3n) is 1.66. The SMILES string of the molecule is CC(C)(C)C(=O)ON1C(=O)[CH-]CC1=O.[Na+]. The predicted octanol–water partition coefficient (Wildman–Crippen LogP) is -2.54. The van der Waals surface area contributed by atoms with Crippen LogP contribution in [0.25, 0.3) is 0 Å². The molecule has 15 heavy (non-hydrogen) atoms. The van der Waals surface area contributed by atoms with Gasteiger partial charge in [0, 0.05) is 0 Å². The van der Waals surface area contributed by atoms with Crippen molar-refractivity contribution in [1.82, 2.24) is 5.06 Å². The van der Waals surface area contributed by atoms with E-state index in [0.29, 0.717) is 5.06 Å². The van der Waals surface area contributed by atoms with Gasteiger partial charge in [-0.2, -0.15) is 0 Å². The number of imide groups is 1. The topological polar surface area (TPSA) is 63.7 Å². The minimum Gasteiger partial charge on any atom is -0.332 e. The summed E-state index contributed by atoms with van der Waals surface area (Å²) < 4.78 is 0. The molecular weight excluding hydrogens is 209 g/mol. The second-order valence-electron chi connectivity index (χ2n) is 4.06. The Kier molecular flexibility index (Phi) is 4.83. The minimum absolute atomic E-state index is 0. The van der Waals surface area contributed by atoms with Crippen molar-refractivity contribution in [2.45, 2.75) is 27.2 Å². The van der Waals surface area contributed by atoms with E-state index >= 15 is 0 Å². The number of carbonyl (C=O) groups excluding carboxylic acids is 3. The van der Waals surface area contributed by atoms with Crippen molar-refractivity contribution in [2.24, 2.45) is 5.41 Å². The number of hydroxylamine groups is 2. The molecule has 0 aromatic rings. The molecule has 1 saturated heterocycles. The van der Waals surface area contributed by atoms with Gasteiger partial charge in [-0.25, -0.2) is 4.79 Å². The summed E-state index contributed by atoms with van der Waals surface area (Å²) in [5.74, 6) is -1.69. The normalized spacial score (nSPS) is 15.8.